The Labute approximate surface area is 108 Å². The predicted octanol–water partition coefficient (Wildman–Crippen LogP) is 2.49. The molecule has 1 aromatic heterocycles. The Hall–Kier alpha value is -1.48. The van der Waals surface area contributed by atoms with E-state index in [0.717, 1.165) is 12.3 Å². The van der Waals surface area contributed by atoms with Crippen LogP contribution in [0.15, 0.2) is 18.2 Å². The van der Waals surface area contributed by atoms with Crippen molar-refractivity contribution in [2.75, 3.05) is 13.7 Å². The fourth-order valence-electron chi connectivity index (χ4n) is 3.20. The first kappa shape index (κ1) is 11.6. The first-order valence-electron chi connectivity index (χ1n) is 6.74. The number of rotatable bonds is 3. The van der Waals surface area contributed by atoms with Gasteiger partial charge in [-0.1, -0.05) is 12.1 Å². The molecule has 3 rings (SSSR count). The summed E-state index contributed by atoms with van der Waals surface area (Å²) < 4.78 is 7.91. The van der Waals surface area contributed by atoms with Gasteiger partial charge in [0.15, 0.2) is 0 Å². The summed E-state index contributed by atoms with van der Waals surface area (Å²) in [5.41, 5.74) is 10.0. The lowest BCUT2D eigenvalue weighted by atomic mass is 9.95. The SMILES string of the molecule is COc1cccc2c3c(n(CCN)c12)CCCC3. The molecule has 1 aliphatic rings. The minimum absolute atomic E-state index is 0.675. The molecule has 0 saturated heterocycles. The molecule has 2 aromatic rings. The zero-order chi connectivity index (χ0) is 12.5. The van der Waals surface area contributed by atoms with E-state index in [-0.39, 0.29) is 0 Å². The molecule has 1 aliphatic carbocycles. The van der Waals surface area contributed by atoms with Crippen LogP contribution in [-0.4, -0.2) is 18.2 Å². The van der Waals surface area contributed by atoms with Gasteiger partial charge >= 0.3 is 0 Å². The van der Waals surface area contributed by atoms with Gasteiger partial charge < -0.3 is 15.0 Å². The van der Waals surface area contributed by atoms with Gasteiger partial charge in [-0.15, -0.1) is 0 Å². The third kappa shape index (κ3) is 1.62. The van der Waals surface area contributed by atoms with E-state index in [0.29, 0.717) is 6.54 Å². The van der Waals surface area contributed by atoms with Gasteiger partial charge in [-0.2, -0.15) is 0 Å². The van der Waals surface area contributed by atoms with Crippen molar-refractivity contribution in [3.63, 3.8) is 0 Å². The van der Waals surface area contributed by atoms with Crippen LogP contribution in [0.5, 0.6) is 5.75 Å². The second kappa shape index (κ2) is 4.65. The molecule has 1 heterocycles. The fraction of sp³-hybridized carbons (Fsp3) is 0.467. The van der Waals surface area contributed by atoms with Crippen LogP contribution in [0.1, 0.15) is 24.1 Å². The normalized spacial score (nSPS) is 14.8. The van der Waals surface area contributed by atoms with Crippen molar-refractivity contribution < 1.29 is 4.74 Å². The smallest absolute Gasteiger partial charge is 0.143 e. The molecule has 18 heavy (non-hydrogen) atoms. The van der Waals surface area contributed by atoms with Gasteiger partial charge in [-0.05, 0) is 37.3 Å². The number of methoxy groups -OCH3 is 1. The molecule has 0 saturated carbocycles. The summed E-state index contributed by atoms with van der Waals surface area (Å²) in [4.78, 5) is 0. The molecule has 0 unspecified atom stereocenters. The van der Waals surface area contributed by atoms with Gasteiger partial charge in [0, 0.05) is 24.2 Å². The number of hydrogen-bond acceptors (Lipinski definition) is 2. The summed E-state index contributed by atoms with van der Waals surface area (Å²) in [6, 6.07) is 6.35. The molecular weight excluding hydrogens is 224 g/mol. The third-order valence-electron chi connectivity index (χ3n) is 3.93. The van der Waals surface area contributed by atoms with E-state index in [4.69, 9.17) is 10.5 Å². The van der Waals surface area contributed by atoms with Crippen molar-refractivity contribution in [2.24, 2.45) is 5.73 Å². The summed E-state index contributed by atoms with van der Waals surface area (Å²) in [7, 11) is 1.74. The van der Waals surface area contributed by atoms with Crippen LogP contribution in [0.2, 0.25) is 0 Å². The molecule has 2 N–H and O–H groups in total. The van der Waals surface area contributed by atoms with Gasteiger partial charge in [-0.3, -0.25) is 0 Å². The highest BCUT2D eigenvalue weighted by molar-refractivity contribution is 5.90. The van der Waals surface area contributed by atoms with E-state index in [1.165, 1.54) is 47.8 Å². The van der Waals surface area contributed by atoms with Crippen molar-refractivity contribution in [3.05, 3.63) is 29.5 Å². The zero-order valence-corrected chi connectivity index (χ0v) is 10.9. The number of para-hydroxylation sites is 1. The summed E-state index contributed by atoms with van der Waals surface area (Å²) in [6.45, 7) is 1.56. The van der Waals surface area contributed by atoms with E-state index in [2.05, 4.69) is 16.7 Å². The first-order chi connectivity index (χ1) is 8.86. The Balaban J connectivity index is 2.32. The Kier molecular flexibility index (Phi) is 3.00. The molecule has 0 spiro atoms. The molecule has 1 aromatic carbocycles. The quantitative estimate of drug-likeness (QED) is 0.901. The topological polar surface area (TPSA) is 40.2 Å². The number of nitrogens with two attached hydrogens (primary N) is 1. The highest BCUT2D eigenvalue weighted by Crippen LogP contribution is 2.36. The van der Waals surface area contributed by atoms with Crippen LogP contribution in [0.3, 0.4) is 0 Å². The van der Waals surface area contributed by atoms with Crippen molar-refractivity contribution in [2.45, 2.75) is 32.2 Å². The molecule has 0 amide bonds. The standard InChI is InChI=1S/C15H20N2O/c1-18-14-8-4-6-12-11-5-2-3-7-13(11)17(10-9-16)15(12)14/h4,6,8H,2-3,5,7,9-10,16H2,1H3. The van der Waals surface area contributed by atoms with Crippen molar-refractivity contribution in [1.29, 1.82) is 0 Å². The van der Waals surface area contributed by atoms with Crippen molar-refractivity contribution in [3.8, 4) is 5.75 Å². The number of fused-ring (bicyclic) bond motifs is 3. The maximum atomic E-state index is 5.77. The number of benzene rings is 1. The maximum Gasteiger partial charge on any atom is 0.143 e. The number of nitrogens with zero attached hydrogens (tertiary/aromatic N) is 1. The van der Waals surface area contributed by atoms with Gasteiger partial charge in [0.05, 0.1) is 12.6 Å². The number of hydrogen-bond donors (Lipinski definition) is 1. The average Bonchev–Trinajstić information content (AvgIpc) is 2.74. The third-order valence-corrected chi connectivity index (χ3v) is 3.93. The monoisotopic (exact) mass is 244 g/mol. The Morgan fingerprint density at radius 2 is 2.11 bits per heavy atom. The lowest BCUT2D eigenvalue weighted by Gasteiger charge is -2.15. The van der Waals surface area contributed by atoms with Crippen LogP contribution < -0.4 is 10.5 Å². The summed E-state index contributed by atoms with van der Waals surface area (Å²) in [5, 5.41) is 1.36. The van der Waals surface area contributed by atoms with Gasteiger partial charge in [0.25, 0.3) is 0 Å². The van der Waals surface area contributed by atoms with Crippen molar-refractivity contribution >= 4 is 10.9 Å². The Morgan fingerprint density at radius 1 is 1.28 bits per heavy atom. The van der Waals surface area contributed by atoms with Crippen molar-refractivity contribution in [1.82, 2.24) is 4.57 Å². The summed E-state index contributed by atoms with van der Waals surface area (Å²) >= 11 is 0. The minimum atomic E-state index is 0.675. The van der Waals surface area contributed by atoms with E-state index in [9.17, 15) is 0 Å². The van der Waals surface area contributed by atoms with Crippen LogP contribution in [0.25, 0.3) is 10.9 Å². The molecule has 3 heteroatoms. The van der Waals surface area contributed by atoms with Crippen LogP contribution in [0.4, 0.5) is 0 Å². The molecule has 0 radical (unpaired) electrons. The minimum Gasteiger partial charge on any atom is -0.495 e. The molecule has 0 atom stereocenters. The highest BCUT2D eigenvalue weighted by atomic mass is 16.5. The van der Waals surface area contributed by atoms with Crippen LogP contribution in [-0.2, 0) is 19.4 Å². The molecular formula is C15H20N2O. The molecule has 96 valence electrons. The Bertz CT molecular complexity index is 571. The maximum absolute atomic E-state index is 5.77. The number of aromatic nitrogens is 1. The second-order valence-corrected chi connectivity index (χ2v) is 4.93. The van der Waals surface area contributed by atoms with Gasteiger partial charge in [0.2, 0.25) is 0 Å². The average molecular weight is 244 g/mol. The summed E-state index contributed by atoms with van der Waals surface area (Å²) in [5.74, 6) is 0.968. The van der Waals surface area contributed by atoms with E-state index < -0.39 is 0 Å². The largest absolute Gasteiger partial charge is 0.495 e. The molecule has 0 fully saturated rings. The van der Waals surface area contributed by atoms with Gasteiger partial charge in [0.1, 0.15) is 5.75 Å². The molecule has 0 bridgehead atoms. The lowest BCUT2D eigenvalue weighted by Crippen LogP contribution is -2.14. The lowest BCUT2D eigenvalue weighted by molar-refractivity contribution is 0.417. The number of aryl methyl sites for hydroxylation is 1. The highest BCUT2D eigenvalue weighted by Gasteiger charge is 2.21. The fourth-order valence-corrected chi connectivity index (χ4v) is 3.20. The van der Waals surface area contributed by atoms with E-state index in [1.54, 1.807) is 7.11 Å². The molecule has 0 aliphatic heterocycles. The zero-order valence-electron chi connectivity index (χ0n) is 10.9. The Morgan fingerprint density at radius 3 is 2.89 bits per heavy atom. The molecule has 3 nitrogen and oxygen atoms in total. The second-order valence-electron chi connectivity index (χ2n) is 4.93. The van der Waals surface area contributed by atoms with Crippen LogP contribution >= 0.6 is 0 Å². The van der Waals surface area contributed by atoms with Gasteiger partial charge in [-0.25, -0.2) is 0 Å². The van der Waals surface area contributed by atoms with E-state index in [1.807, 2.05) is 6.07 Å². The first-order valence-corrected chi connectivity index (χ1v) is 6.74. The number of ether oxygens (including phenoxy) is 1. The predicted molar refractivity (Wildman–Crippen MR) is 74.2 cm³/mol. The van der Waals surface area contributed by atoms with E-state index >= 15 is 0 Å². The summed E-state index contributed by atoms with van der Waals surface area (Å²) in [6.07, 6.45) is 4.95. The van der Waals surface area contributed by atoms with Crippen LogP contribution in [0, 0.1) is 0 Å².